The van der Waals surface area contributed by atoms with Crippen LogP contribution < -0.4 is 9.62 Å². The van der Waals surface area contributed by atoms with Crippen molar-refractivity contribution < 1.29 is 22.4 Å². The van der Waals surface area contributed by atoms with Crippen LogP contribution >= 0.6 is 11.6 Å². The Balaban J connectivity index is 2.06. The number of aryl methyl sites for hydroxylation is 1. The molecule has 3 aromatic rings. The minimum Gasteiger partial charge on any atom is -0.357 e. The molecular formula is C26H27ClFN3O4S. The summed E-state index contributed by atoms with van der Waals surface area (Å²) < 4.78 is 42.7. The van der Waals surface area contributed by atoms with E-state index in [-0.39, 0.29) is 27.7 Å². The minimum atomic E-state index is -4.23. The average molecular weight is 532 g/mol. The molecule has 0 aromatic heterocycles. The molecule has 10 heteroatoms. The van der Waals surface area contributed by atoms with Gasteiger partial charge in [-0.3, -0.25) is 13.9 Å². The molecule has 3 aromatic carbocycles. The molecule has 0 unspecified atom stereocenters. The van der Waals surface area contributed by atoms with Crippen molar-refractivity contribution in [2.75, 3.05) is 17.9 Å². The third kappa shape index (κ3) is 6.03. The van der Waals surface area contributed by atoms with Crippen LogP contribution in [0.5, 0.6) is 0 Å². The lowest BCUT2D eigenvalue weighted by Gasteiger charge is -2.32. The number of para-hydroxylation sites is 1. The van der Waals surface area contributed by atoms with E-state index in [0.29, 0.717) is 0 Å². The summed E-state index contributed by atoms with van der Waals surface area (Å²) in [5, 5.41) is 2.60. The molecule has 0 heterocycles. The van der Waals surface area contributed by atoms with E-state index in [1.165, 1.54) is 56.4 Å². The second-order valence-corrected chi connectivity index (χ2v) is 10.4. The van der Waals surface area contributed by atoms with E-state index in [9.17, 15) is 22.4 Å². The summed E-state index contributed by atoms with van der Waals surface area (Å²) in [6, 6.07) is 17.3. The van der Waals surface area contributed by atoms with Gasteiger partial charge in [-0.25, -0.2) is 12.8 Å². The largest absolute Gasteiger partial charge is 0.357 e. The molecule has 0 fully saturated rings. The molecule has 3 rings (SSSR count). The number of rotatable bonds is 9. The van der Waals surface area contributed by atoms with Gasteiger partial charge in [-0.2, -0.15) is 0 Å². The summed E-state index contributed by atoms with van der Waals surface area (Å²) in [4.78, 5) is 27.2. The maximum atomic E-state index is 14.4. The first-order chi connectivity index (χ1) is 17.1. The average Bonchev–Trinajstić information content (AvgIpc) is 2.86. The lowest BCUT2D eigenvalue weighted by Crippen LogP contribution is -2.50. The zero-order valence-electron chi connectivity index (χ0n) is 20.1. The number of nitrogens with one attached hydrogen (secondary N) is 1. The summed E-state index contributed by atoms with van der Waals surface area (Å²) in [6.45, 7) is 2.43. The van der Waals surface area contributed by atoms with Crippen LogP contribution in [0.2, 0.25) is 5.02 Å². The third-order valence-electron chi connectivity index (χ3n) is 5.72. The molecule has 36 heavy (non-hydrogen) atoms. The monoisotopic (exact) mass is 531 g/mol. The van der Waals surface area contributed by atoms with Gasteiger partial charge < -0.3 is 10.2 Å². The van der Waals surface area contributed by atoms with Crippen LogP contribution in [0, 0.1) is 12.7 Å². The Morgan fingerprint density at radius 1 is 1.00 bits per heavy atom. The zero-order chi connectivity index (χ0) is 26.5. The molecule has 190 valence electrons. The Kier molecular flexibility index (Phi) is 8.70. The molecule has 0 saturated heterocycles. The second kappa shape index (κ2) is 11.5. The van der Waals surface area contributed by atoms with Gasteiger partial charge in [-0.05, 0) is 44.2 Å². The van der Waals surface area contributed by atoms with Gasteiger partial charge in [0.1, 0.15) is 18.4 Å². The topological polar surface area (TPSA) is 86.8 Å². The highest BCUT2D eigenvalue weighted by Gasteiger charge is 2.33. The van der Waals surface area contributed by atoms with Crippen molar-refractivity contribution in [3.05, 3.63) is 94.8 Å². The van der Waals surface area contributed by atoms with Gasteiger partial charge in [-0.15, -0.1) is 0 Å². The predicted molar refractivity (Wildman–Crippen MR) is 138 cm³/mol. The number of halogens is 2. The number of nitrogens with zero attached hydrogens (tertiary/aromatic N) is 2. The lowest BCUT2D eigenvalue weighted by molar-refractivity contribution is -0.139. The van der Waals surface area contributed by atoms with E-state index in [0.717, 1.165) is 14.8 Å². The van der Waals surface area contributed by atoms with E-state index < -0.39 is 40.2 Å². The van der Waals surface area contributed by atoms with Crippen molar-refractivity contribution in [3.63, 3.8) is 0 Å². The van der Waals surface area contributed by atoms with Crippen molar-refractivity contribution in [2.24, 2.45) is 0 Å². The van der Waals surface area contributed by atoms with Gasteiger partial charge >= 0.3 is 0 Å². The van der Waals surface area contributed by atoms with Gasteiger partial charge in [0.25, 0.3) is 10.0 Å². The summed E-state index contributed by atoms with van der Waals surface area (Å²) in [5.74, 6) is -1.73. The Morgan fingerprint density at radius 2 is 1.61 bits per heavy atom. The van der Waals surface area contributed by atoms with Crippen LogP contribution in [0.4, 0.5) is 10.1 Å². The van der Waals surface area contributed by atoms with Crippen LogP contribution in [0.15, 0.2) is 77.7 Å². The lowest BCUT2D eigenvalue weighted by atomic mass is 10.1. The van der Waals surface area contributed by atoms with Crippen LogP contribution in [-0.4, -0.2) is 44.8 Å². The number of benzene rings is 3. The van der Waals surface area contributed by atoms with Crippen molar-refractivity contribution in [2.45, 2.75) is 31.3 Å². The summed E-state index contributed by atoms with van der Waals surface area (Å²) >= 11 is 6.34. The van der Waals surface area contributed by atoms with Crippen molar-refractivity contribution in [1.82, 2.24) is 10.2 Å². The van der Waals surface area contributed by atoms with Gasteiger partial charge in [-0.1, -0.05) is 59.6 Å². The number of anilines is 1. The smallest absolute Gasteiger partial charge is 0.264 e. The Bertz CT molecular complexity index is 1350. The van der Waals surface area contributed by atoms with E-state index in [1.807, 2.05) is 6.92 Å². The maximum absolute atomic E-state index is 14.4. The van der Waals surface area contributed by atoms with E-state index in [2.05, 4.69) is 5.32 Å². The molecular weight excluding hydrogens is 505 g/mol. The molecule has 0 radical (unpaired) electrons. The normalized spacial score (nSPS) is 12.0. The van der Waals surface area contributed by atoms with Gasteiger partial charge in [0.15, 0.2) is 0 Å². The van der Waals surface area contributed by atoms with Crippen LogP contribution in [0.3, 0.4) is 0 Å². The summed E-state index contributed by atoms with van der Waals surface area (Å²) in [5.41, 5.74) is 1.16. The molecule has 0 saturated carbocycles. The number of likely N-dealkylation sites (N-methyl/N-ethyl adjacent to an activating group) is 1. The third-order valence-corrected chi connectivity index (χ3v) is 7.81. The first-order valence-electron chi connectivity index (χ1n) is 11.1. The fraction of sp³-hybridized carbons (Fsp3) is 0.231. The van der Waals surface area contributed by atoms with Gasteiger partial charge in [0.2, 0.25) is 11.8 Å². The molecule has 0 aliphatic rings. The number of hydrogen-bond acceptors (Lipinski definition) is 4. The summed E-state index contributed by atoms with van der Waals surface area (Å²) in [6.07, 6.45) is 0. The first kappa shape index (κ1) is 27.2. The second-order valence-electron chi connectivity index (χ2n) is 8.18. The molecule has 0 bridgehead atoms. The van der Waals surface area contributed by atoms with Crippen LogP contribution in [0.25, 0.3) is 0 Å². The highest BCUT2D eigenvalue weighted by molar-refractivity contribution is 7.92. The van der Waals surface area contributed by atoms with Gasteiger partial charge in [0.05, 0.1) is 15.6 Å². The fourth-order valence-corrected chi connectivity index (χ4v) is 5.33. The summed E-state index contributed by atoms with van der Waals surface area (Å²) in [7, 11) is -2.81. The molecule has 0 aliphatic carbocycles. The standard InChI is InChI=1S/C26H27ClFN3O4S/c1-18-12-14-21(15-13-18)36(34,35)31(24-11-7-5-9-22(24)27)17-25(32)30(19(2)26(33)29-3)16-20-8-4-6-10-23(20)28/h4-15,19H,16-17H2,1-3H3,(H,29,33)/t19-/m1/s1. The SMILES string of the molecule is CNC(=O)[C@@H](C)N(Cc1ccccc1F)C(=O)CN(c1ccccc1Cl)S(=O)(=O)c1ccc(C)cc1. The maximum Gasteiger partial charge on any atom is 0.264 e. The molecule has 0 aliphatic heterocycles. The van der Waals surface area contributed by atoms with Crippen molar-refractivity contribution in [3.8, 4) is 0 Å². The molecule has 1 N–H and O–H groups in total. The first-order valence-corrected chi connectivity index (χ1v) is 13.0. The fourth-order valence-electron chi connectivity index (χ4n) is 3.61. The van der Waals surface area contributed by atoms with E-state index in [4.69, 9.17) is 11.6 Å². The van der Waals surface area contributed by atoms with Crippen LogP contribution in [-0.2, 0) is 26.2 Å². The quantitative estimate of drug-likeness (QED) is 0.449. The Labute approximate surface area is 215 Å². The van der Waals surface area contributed by atoms with Crippen LogP contribution in [0.1, 0.15) is 18.1 Å². The number of hydrogen-bond donors (Lipinski definition) is 1. The predicted octanol–water partition coefficient (Wildman–Crippen LogP) is 4.15. The highest BCUT2D eigenvalue weighted by Crippen LogP contribution is 2.31. The van der Waals surface area contributed by atoms with Gasteiger partial charge in [0, 0.05) is 19.2 Å². The Hall–Kier alpha value is -3.43. The Morgan fingerprint density at radius 3 is 2.22 bits per heavy atom. The molecule has 2 amide bonds. The number of carbonyl (C=O) groups excluding carboxylic acids is 2. The number of amides is 2. The van der Waals surface area contributed by atoms with E-state index >= 15 is 0 Å². The van der Waals surface area contributed by atoms with E-state index in [1.54, 1.807) is 30.3 Å². The minimum absolute atomic E-state index is 0.0270. The highest BCUT2D eigenvalue weighted by atomic mass is 35.5. The zero-order valence-corrected chi connectivity index (χ0v) is 21.7. The molecule has 7 nitrogen and oxygen atoms in total. The number of sulfonamides is 1. The van der Waals surface area contributed by atoms with Crippen molar-refractivity contribution in [1.29, 1.82) is 0 Å². The molecule has 1 atom stereocenters. The number of carbonyl (C=O) groups is 2. The van der Waals surface area contributed by atoms with Crippen molar-refractivity contribution >= 4 is 39.1 Å². The molecule has 0 spiro atoms.